The molecule has 0 bridgehead atoms. The van der Waals surface area contributed by atoms with Crippen molar-refractivity contribution in [2.75, 3.05) is 18.9 Å². The van der Waals surface area contributed by atoms with Crippen molar-refractivity contribution in [3.05, 3.63) is 89.9 Å². The van der Waals surface area contributed by atoms with E-state index in [4.69, 9.17) is 4.42 Å². The van der Waals surface area contributed by atoms with Crippen LogP contribution >= 0.6 is 0 Å². The van der Waals surface area contributed by atoms with E-state index >= 15 is 0 Å². The number of rotatable bonds is 7. The number of carbonyl (C=O) groups excluding carboxylic acids is 1. The monoisotopic (exact) mass is 334 g/mol. The fraction of sp³-hybridized carbons (Fsp3) is 0.190. The standard InChI is InChI=1S/C21H22N2O2/c1-23(15-19-11-7-13-25-19)16-21(24)22-20-12-6-5-10-18(20)14-17-8-3-2-4-9-17/h2-13H,14-16H2,1H3,(H,22,24). The smallest absolute Gasteiger partial charge is 0.238 e. The number of hydrogen-bond acceptors (Lipinski definition) is 3. The van der Waals surface area contributed by atoms with Crippen molar-refractivity contribution in [3.63, 3.8) is 0 Å². The second-order valence-electron chi connectivity index (χ2n) is 6.12. The Hall–Kier alpha value is -2.85. The number of amides is 1. The minimum absolute atomic E-state index is 0.0328. The summed E-state index contributed by atoms with van der Waals surface area (Å²) in [6, 6.07) is 21.9. The number of hydrogen-bond donors (Lipinski definition) is 1. The summed E-state index contributed by atoms with van der Waals surface area (Å²) in [5.74, 6) is 0.814. The quantitative estimate of drug-likeness (QED) is 0.712. The summed E-state index contributed by atoms with van der Waals surface area (Å²) in [6.07, 6.45) is 2.43. The van der Waals surface area contributed by atoms with Gasteiger partial charge in [0, 0.05) is 5.69 Å². The van der Waals surface area contributed by atoms with Gasteiger partial charge in [-0.15, -0.1) is 0 Å². The highest BCUT2D eigenvalue weighted by molar-refractivity contribution is 5.93. The Morgan fingerprint density at radius 2 is 1.76 bits per heavy atom. The van der Waals surface area contributed by atoms with Gasteiger partial charge in [-0.25, -0.2) is 0 Å². The van der Waals surface area contributed by atoms with Crippen LogP contribution in [0, 0.1) is 0 Å². The zero-order chi connectivity index (χ0) is 17.5. The van der Waals surface area contributed by atoms with Crippen molar-refractivity contribution in [1.82, 2.24) is 4.90 Å². The number of anilines is 1. The number of para-hydroxylation sites is 1. The van der Waals surface area contributed by atoms with Gasteiger partial charge in [-0.3, -0.25) is 9.69 Å². The lowest BCUT2D eigenvalue weighted by molar-refractivity contribution is -0.117. The molecule has 128 valence electrons. The fourth-order valence-electron chi connectivity index (χ4n) is 2.77. The second-order valence-corrected chi connectivity index (χ2v) is 6.12. The van der Waals surface area contributed by atoms with Gasteiger partial charge in [0.2, 0.25) is 5.91 Å². The Morgan fingerprint density at radius 1 is 1.00 bits per heavy atom. The lowest BCUT2D eigenvalue weighted by Gasteiger charge is -2.16. The molecule has 0 unspecified atom stereocenters. The zero-order valence-electron chi connectivity index (χ0n) is 14.3. The first kappa shape index (κ1) is 17.0. The lowest BCUT2D eigenvalue weighted by Crippen LogP contribution is -2.30. The average Bonchev–Trinajstić information content (AvgIpc) is 3.10. The summed E-state index contributed by atoms with van der Waals surface area (Å²) in [5.41, 5.74) is 3.19. The molecule has 25 heavy (non-hydrogen) atoms. The Bertz CT molecular complexity index is 798. The van der Waals surface area contributed by atoms with Crippen molar-refractivity contribution in [3.8, 4) is 0 Å². The van der Waals surface area contributed by atoms with E-state index in [0.29, 0.717) is 13.1 Å². The third kappa shape index (κ3) is 5.06. The van der Waals surface area contributed by atoms with Crippen LogP contribution in [0.25, 0.3) is 0 Å². The van der Waals surface area contributed by atoms with Gasteiger partial charge in [-0.1, -0.05) is 48.5 Å². The molecule has 2 aromatic carbocycles. The highest BCUT2D eigenvalue weighted by atomic mass is 16.3. The maximum atomic E-state index is 12.4. The van der Waals surface area contributed by atoms with Crippen molar-refractivity contribution in [2.24, 2.45) is 0 Å². The molecular formula is C21H22N2O2. The summed E-state index contributed by atoms with van der Waals surface area (Å²) in [5, 5.41) is 3.03. The lowest BCUT2D eigenvalue weighted by atomic mass is 10.0. The predicted molar refractivity (Wildman–Crippen MR) is 99.4 cm³/mol. The number of likely N-dealkylation sites (N-methyl/N-ethyl adjacent to an activating group) is 1. The molecule has 0 spiro atoms. The number of furan rings is 1. The fourth-order valence-corrected chi connectivity index (χ4v) is 2.77. The summed E-state index contributed by atoms with van der Waals surface area (Å²) in [6.45, 7) is 0.909. The first-order valence-corrected chi connectivity index (χ1v) is 8.33. The van der Waals surface area contributed by atoms with E-state index < -0.39 is 0 Å². The first-order valence-electron chi connectivity index (χ1n) is 8.33. The first-order chi connectivity index (χ1) is 12.2. The molecule has 0 fully saturated rings. The van der Waals surface area contributed by atoms with E-state index in [2.05, 4.69) is 23.5 Å². The van der Waals surface area contributed by atoms with Crippen LogP contribution in [0.3, 0.4) is 0 Å². The largest absolute Gasteiger partial charge is 0.468 e. The molecular weight excluding hydrogens is 312 g/mol. The molecule has 1 aromatic heterocycles. The van der Waals surface area contributed by atoms with Crippen LogP contribution in [0.2, 0.25) is 0 Å². The topological polar surface area (TPSA) is 45.5 Å². The number of nitrogens with zero attached hydrogens (tertiary/aromatic N) is 1. The molecule has 0 aliphatic carbocycles. The number of nitrogens with one attached hydrogen (secondary N) is 1. The summed E-state index contributed by atoms with van der Waals surface area (Å²) in [4.78, 5) is 14.3. The summed E-state index contributed by atoms with van der Waals surface area (Å²) >= 11 is 0. The minimum atomic E-state index is -0.0328. The SMILES string of the molecule is CN(CC(=O)Nc1ccccc1Cc1ccccc1)Cc1ccco1. The van der Waals surface area contributed by atoms with Gasteiger partial charge in [0.1, 0.15) is 5.76 Å². The van der Waals surface area contributed by atoms with Crippen LogP contribution in [0.1, 0.15) is 16.9 Å². The summed E-state index contributed by atoms with van der Waals surface area (Å²) < 4.78 is 5.32. The third-order valence-electron chi connectivity index (χ3n) is 3.95. The number of benzene rings is 2. The van der Waals surface area contributed by atoms with Gasteiger partial charge in [-0.2, -0.15) is 0 Å². The van der Waals surface area contributed by atoms with Crippen LogP contribution in [0.5, 0.6) is 0 Å². The van der Waals surface area contributed by atoms with Crippen molar-refractivity contribution >= 4 is 11.6 Å². The van der Waals surface area contributed by atoms with Crippen molar-refractivity contribution in [2.45, 2.75) is 13.0 Å². The molecule has 0 aliphatic rings. The highest BCUT2D eigenvalue weighted by Gasteiger charge is 2.11. The molecule has 1 heterocycles. The van der Waals surface area contributed by atoms with E-state index in [1.54, 1.807) is 6.26 Å². The Labute approximate surface area is 148 Å². The van der Waals surface area contributed by atoms with Gasteiger partial charge in [-0.05, 0) is 42.8 Å². The molecule has 3 aromatic rings. The van der Waals surface area contributed by atoms with Crippen LogP contribution in [0.15, 0.2) is 77.4 Å². The molecule has 0 atom stereocenters. The summed E-state index contributed by atoms with van der Waals surface area (Å²) in [7, 11) is 1.90. The van der Waals surface area contributed by atoms with E-state index in [1.807, 2.05) is 60.5 Å². The maximum Gasteiger partial charge on any atom is 0.238 e. The van der Waals surface area contributed by atoms with Crippen LogP contribution in [-0.2, 0) is 17.8 Å². The average molecular weight is 334 g/mol. The molecule has 4 nitrogen and oxygen atoms in total. The highest BCUT2D eigenvalue weighted by Crippen LogP contribution is 2.19. The minimum Gasteiger partial charge on any atom is -0.468 e. The van der Waals surface area contributed by atoms with E-state index in [9.17, 15) is 4.79 Å². The predicted octanol–water partition coefficient (Wildman–Crippen LogP) is 3.94. The third-order valence-corrected chi connectivity index (χ3v) is 3.95. The van der Waals surface area contributed by atoms with Crippen LogP contribution < -0.4 is 5.32 Å². The molecule has 3 rings (SSSR count). The van der Waals surface area contributed by atoms with Gasteiger partial charge in [0.25, 0.3) is 0 Å². The van der Waals surface area contributed by atoms with Crippen LogP contribution in [-0.4, -0.2) is 24.4 Å². The van der Waals surface area contributed by atoms with Crippen molar-refractivity contribution in [1.29, 1.82) is 0 Å². The molecule has 0 saturated carbocycles. The molecule has 1 amide bonds. The van der Waals surface area contributed by atoms with E-state index in [0.717, 1.165) is 23.4 Å². The second kappa shape index (κ2) is 8.31. The van der Waals surface area contributed by atoms with E-state index in [1.165, 1.54) is 5.56 Å². The molecule has 0 radical (unpaired) electrons. The van der Waals surface area contributed by atoms with Crippen molar-refractivity contribution < 1.29 is 9.21 Å². The normalized spacial score (nSPS) is 10.8. The molecule has 0 saturated heterocycles. The molecule has 0 aliphatic heterocycles. The molecule has 4 heteroatoms. The Balaban J connectivity index is 1.61. The van der Waals surface area contributed by atoms with E-state index in [-0.39, 0.29) is 5.91 Å². The maximum absolute atomic E-state index is 12.4. The Morgan fingerprint density at radius 3 is 2.52 bits per heavy atom. The molecule has 1 N–H and O–H groups in total. The van der Waals surface area contributed by atoms with Crippen LogP contribution in [0.4, 0.5) is 5.69 Å². The van der Waals surface area contributed by atoms with Gasteiger partial charge < -0.3 is 9.73 Å². The zero-order valence-corrected chi connectivity index (χ0v) is 14.3. The Kier molecular flexibility index (Phi) is 5.65. The van der Waals surface area contributed by atoms with Gasteiger partial charge in [0.15, 0.2) is 0 Å². The van der Waals surface area contributed by atoms with Gasteiger partial charge >= 0.3 is 0 Å². The number of carbonyl (C=O) groups is 1. The van der Waals surface area contributed by atoms with Gasteiger partial charge in [0.05, 0.1) is 19.4 Å².